The third kappa shape index (κ3) is 3.58. The van der Waals surface area contributed by atoms with Gasteiger partial charge in [-0.15, -0.1) is 11.3 Å². The molecule has 1 fully saturated rings. The quantitative estimate of drug-likeness (QED) is 0.632. The SMILES string of the molecule is COc1ccccc1-c1csc(-c2ccnc(N3CCCCCC3)c2)n1. The highest BCUT2D eigenvalue weighted by molar-refractivity contribution is 7.13. The maximum atomic E-state index is 5.47. The van der Waals surface area contributed by atoms with Gasteiger partial charge in [0.1, 0.15) is 16.6 Å². The summed E-state index contributed by atoms with van der Waals surface area (Å²) in [6, 6.07) is 12.2. The summed E-state index contributed by atoms with van der Waals surface area (Å²) in [6.45, 7) is 2.20. The number of pyridine rings is 1. The Hall–Kier alpha value is -2.40. The maximum absolute atomic E-state index is 5.47. The largest absolute Gasteiger partial charge is 0.496 e. The van der Waals surface area contributed by atoms with E-state index in [1.54, 1.807) is 18.4 Å². The van der Waals surface area contributed by atoms with E-state index in [1.165, 1.54) is 25.7 Å². The Bertz CT molecular complexity index is 869. The van der Waals surface area contributed by atoms with Crippen LogP contribution in [-0.2, 0) is 0 Å². The second-order valence-electron chi connectivity index (χ2n) is 6.54. The standard InChI is InChI=1S/C21H23N3OS/c1-25-19-9-5-4-8-17(19)18-15-26-21(23-18)16-10-11-22-20(14-16)24-12-6-2-3-7-13-24/h4-5,8-11,14-15H,2-3,6-7,12-13H2,1H3. The second kappa shape index (κ2) is 7.87. The average Bonchev–Trinajstić information content (AvgIpc) is 3.03. The van der Waals surface area contributed by atoms with Crippen molar-refractivity contribution in [3.8, 4) is 27.6 Å². The molecule has 0 aliphatic carbocycles. The molecule has 0 amide bonds. The lowest BCUT2D eigenvalue weighted by atomic mass is 10.1. The van der Waals surface area contributed by atoms with Gasteiger partial charge in [-0.25, -0.2) is 9.97 Å². The lowest BCUT2D eigenvalue weighted by Crippen LogP contribution is -2.24. The summed E-state index contributed by atoms with van der Waals surface area (Å²) in [6.07, 6.45) is 7.05. The summed E-state index contributed by atoms with van der Waals surface area (Å²) >= 11 is 1.66. The molecule has 1 aliphatic heterocycles. The first-order valence-corrected chi connectivity index (χ1v) is 10.0. The summed E-state index contributed by atoms with van der Waals surface area (Å²) in [7, 11) is 1.70. The van der Waals surface area contributed by atoms with Crippen molar-refractivity contribution in [3.63, 3.8) is 0 Å². The number of hydrogen-bond donors (Lipinski definition) is 0. The molecule has 0 spiro atoms. The van der Waals surface area contributed by atoms with E-state index in [2.05, 4.69) is 21.3 Å². The molecule has 1 aromatic carbocycles. The molecule has 134 valence electrons. The molecule has 2 aromatic heterocycles. The topological polar surface area (TPSA) is 38.2 Å². The molecule has 3 aromatic rings. The van der Waals surface area contributed by atoms with Crippen LogP contribution in [0.3, 0.4) is 0 Å². The first kappa shape index (κ1) is 17.0. The molecule has 1 saturated heterocycles. The number of rotatable bonds is 4. The number of ether oxygens (including phenoxy) is 1. The van der Waals surface area contributed by atoms with Crippen molar-refractivity contribution in [2.24, 2.45) is 0 Å². The lowest BCUT2D eigenvalue weighted by molar-refractivity contribution is 0.416. The molecule has 0 unspecified atom stereocenters. The molecule has 0 bridgehead atoms. The van der Waals surface area contributed by atoms with Gasteiger partial charge in [-0.05, 0) is 37.1 Å². The molecule has 0 saturated carbocycles. The first-order chi connectivity index (χ1) is 12.8. The minimum atomic E-state index is 0.851. The second-order valence-corrected chi connectivity index (χ2v) is 7.40. The monoisotopic (exact) mass is 365 g/mol. The van der Waals surface area contributed by atoms with E-state index in [1.807, 2.05) is 36.5 Å². The highest BCUT2D eigenvalue weighted by atomic mass is 32.1. The van der Waals surface area contributed by atoms with Crippen molar-refractivity contribution >= 4 is 17.2 Å². The van der Waals surface area contributed by atoms with Crippen LogP contribution in [0.4, 0.5) is 5.82 Å². The summed E-state index contributed by atoms with van der Waals surface area (Å²) in [5.41, 5.74) is 3.11. The number of hydrogen-bond acceptors (Lipinski definition) is 5. The highest BCUT2D eigenvalue weighted by Gasteiger charge is 2.14. The Labute approximate surface area is 158 Å². The molecule has 26 heavy (non-hydrogen) atoms. The zero-order valence-electron chi connectivity index (χ0n) is 15.0. The van der Waals surface area contributed by atoms with E-state index in [0.717, 1.165) is 46.5 Å². The van der Waals surface area contributed by atoms with Gasteiger partial charge < -0.3 is 9.64 Å². The Morgan fingerprint density at radius 3 is 2.65 bits per heavy atom. The van der Waals surface area contributed by atoms with Gasteiger partial charge in [0.15, 0.2) is 0 Å². The number of thiazole rings is 1. The number of methoxy groups -OCH3 is 1. The minimum absolute atomic E-state index is 0.851. The fraction of sp³-hybridized carbons (Fsp3) is 0.333. The molecule has 5 heteroatoms. The Morgan fingerprint density at radius 2 is 1.85 bits per heavy atom. The zero-order valence-corrected chi connectivity index (χ0v) is 15.8. The Balaban J connectivity index is 1.62. The average molecular weight is 366 g/mol. The van der Waals surface area contributed by atoms with Crippen molar-refractivity contribution in [1.29, 1.82) is 0 Å². The van der Waals surface area contributed by atoms with Gasteiger partial charge in [0.25, 0.3) is 0 Å². The molecular formula is C21H23N3OS. The Kier molecular flexibility index (Phi) is 5.16. The van der Waals surface area contributed by atoms with Gasteiger partial charge >= 0.3 is 0 Å². The van der Waals surface area contributed by atoms with Crippen LogP contribution in [0.15, 0.2) is 48.0 Å². The van der Waals surface area contributed by atoms with Crippen LogP contribution in [0.5, 0.6) is 5.75 Å². The molecule has 0 radical (unpaired) electrons. The first-order valence-electron chi connectivity index (χ1n) is 9.15. The van der Waals surface area contributed by atoms with E-state index in [4.69, 9.17) is 9.72 Å². The number of aromatic nitrogens is 2. The van der Waals surface area contributed by atoms with Crippen molar-refractivity contribution in [2.45, 2.75) is 25.7 Å². The third-order valence-electron chi connectivity index (χ3n) is 4.81. The number of benzene rings is 1. The molecular weight excluding hydrogens is 342 g/mol. The van der Waals surface area contributed by atoms with Gasteiger partial charge in [0.2, 0.25) is 0 Å². The Morgan fingerprint density at radius 1 is 1.04 bits per heavy atom. The van der Waals surface area contributed by atoms with Crippen LogP contribution in [-0.4, -0.2) is 30.2 Å². The summed E-state index contributed by atoms with van der Waals surface area (Å²) < 4.78 is 5.47. The van der Waals surface area contributed by atoms with Crippen LogP contribution in [0.25, 0.3) is 21.8 Å². The molecule has 4 rings (SSSR count). The number of anilines is 1. The van der Waals surface area contributed by atoms with E-state index in [0.29, 0.717) is 0 Å². The van der Waals surface area contributed by atoms with Crippen molar-refractivity contribution < 1.29 is 4.74 Å². The number of nitrogens with zero attached hydrogens (tertiary/aromatic N) is 3. The maximum Gasteiger partial charge on any atom is 0.129 e. The zero-order chi connectivity index (χ0) is 17.8. The molecule has 1 aliphatic rings. The third-order valence-corrected chi connectivity index (χ3v) is 5.70. The summed E-state index contributed by atoms with van der Waals surface area (Å²) in [5, 5.41) is 3.11. The smallest absolute Gasteiger partial charge is 0.129 e. The summed E-state index contributed by atoms with van der Waals surface area (Å²) in [5.74, 6) is 1.92. The van der Waals surface area contributed by atoms with Gasteiger partial charge in [-0.1, -0.05) is 25.0 Å². The van der Waals surface area contributed by atoms with Gasteiger partial charge in [0.05, 0.1) is 12.8 Å². The van der Waals surface area contributed by atoms with Crippen LogP contribution in [0.2, 0.25) is 0 Å². The van der Waals surface area contributed by atoms with E-state index in [-0.39, 0.29) is 0 Å². The van der Waals surface area contributed by atoms with Crippen LogP contribution in [0, 0.1) is 0 Å². The predicted molar refractivity (Wildman–Crippen MR) is 108 cm³/mol. The van der Waals surface area contributed by atoms with E-state index in [9.17, 15) is 0 Å². The van der Waals surface area contributed by atoms with E-state index < -0.39 is 0 Å². The fourth-order valence-corrected chi connectivity index (χ4v) is 4.23. The number of para-hydroxylation sites is 1. The molecule has 3 heterocycles. The van der Waals surface area contributed by atoms with Crippen LogP contribution in [0.1, 0.15) is 25.7 Å². The summed E-state index contributed by atoms with van der Waals surface area (Å²) in [4.78, 5) is 11.9. The normalized spacial score (nSPS) is 14.9. The van der Waals surface area contributed by atoms with Gasteiger partial charge in [0, 0.05) is 35.8 Å². The molecule has 0 atom stereocenters. The van der Waals surface area contributed by atoms with Crippen LogP contribution < -0.4 is 9.64 Å². The van der Waals surface area contributed by atoms with E-state index >= 15 is 0 Å². The molecule has 0 N–H and O–H groups in total. The predicted octanol–water partition coefficient (Wildman–Crippen LogP) is 5.26. The van der Waals surface area contributed by atoms with Gasteiger partial charge in [-0.3, -0.25) is 0 Å². The highest BCUT2D eigenvalue weighted by Crippen LogP contribution is 2.34. The van der Waals surface area contributed by atoms with Gasteiger partial charge in [-0.2, -0.15) is 0 Å². The lowest BCUT2D eigenvalue weighted by Gasteiger charge is -2.21. The van der Waals surface area contributed by atoms with Crippen molar-refractivity contribution in [1.82, 2.24) is 9.97 Å². The molecule has 4 nitrogen and oxygen atoms in total. The minimum Gasteiger partial charge on any atom is -0.496 e. The van der Waals surface area contributed by atoms with Crippen molar-refractivity contribution in [3.05, 3.63) is 48.0 Å². The van der Waals surface area contributed by atoms with Crippen molar-refractivity contribution in [2.75, 3.05) is 25.1 Å². The van der Waals surface area contributed by atoms with Crippen LogP contribution >= 0.6 is 11.3 Å². The fourth-order valence-electron chi connectivity index (χ4n) is 3.41.